The molecule has 7 heteroatoms. The molecule has 108 valence electrons. The molecular formula is C14H9ClFNO3S. The van der Waals surface area contributed by atoms with Crippen LogP contribution in [0, 0.1) is 5.82 Å². The summed E-state index contributed by atoms with van der Waals surface area (Å²) in [4.78, 5) is 0. The van der Waals surface area contributed by atoms with Gasteiger partial charge in [0.1, 0.15) is 11.4 Å². The van der Waals surface area contributed by atoms with E-state index in [1.54, 1.807) is 24.3 Å². The standard InChI is InChI=1S/C14H9ClFNO3S/c15-11-8-10(5-6-12(11)16)17-21(18,19)14-7-9-3-1-2-4-13(9)20-14/h1-8,17H. The van der Waals surface area contributed by atoms with Gasteiger partial charge in [0.2, 0.25) is 5.09 Å². The van der Waals surface area contributed by atoms with Crippen LogP contribution in [-0.4, -0.2) is 8.42 Å². The second kappa shape index (κ2) is 5.05. The molecule has 1 heterocycles. The van der Waals surface area contributed by atoms with Gasteiger partial charge in [-0.15, -0.1) is 0 Å². The van der Waals surface area contributed by atoms with E-state index in [1.165, 1.54) is 18.2 Å². The molecule has 0 amide bonds. The first kappa shape index (κ1) is 13.9. The highest BCUT2D eigenvalue weighted by atomic mass is 35.5. The highest BCUT2D eigenvalue weighted by Gasteiger charge is 2.20. The molecule has 0 aliphatic rings. The van der Waals surface area contributed by atoms with Gasteiger partial charge in [0.25, 0.3) is 10.0 Å². The number of rotatable bonds is 3. The third-order valence-corrected chi connectivity index (χ3v) is 4.36. The molecule has 3 rings (SSSR count). The fourth-order valence-corrected chi connectivity index (χ4v) is 3.06. The van der Waals surface area contributed by atoms with E-state index in [2.05, 4.69) is 4.72 Å². The fourth-order valence-electron chi connectivity index (χ4n) is 1.86. The van der Waals surface area contributed by atoms with Crippen molar-refractivity contribution in [1.82, 2.24) is 0 Å². The van der Waals surface area contributed by atoms with Gasteiger partial charge >= 0.3 is 0 Å². The normalized spacial score (nSPS) is 11.7. The van der Waals surface area contributed by atoms with Crippen molar-refractivity contribution >= 4 is 38.3 Å². The molecule has 4 nitrogen and oxygen atoms in total. The van der Waals surface area contributed by atoms with Crippen LogP contribution in [0.3, 0.4) is 0 Å². The van der Waals surface area contributed by atoms with Crippen LogP contribution in [0.5, 0.6) is 0 Å². The topological polar surface area (TPSA) is 59.3 Å². The maximum Gasteiger partial charge on any atom is 0.295 e. The third kappa shape index (κ3) is 2.72. The van der Waals surface area contributed by atoms with Gasteiger partial charge in [0, 0.05) is 11.5 Å². The Labute approximate surface area is 125 Å². The summed E-state index contributed by atoms with van der Waals surface area (Å²) in [6, 6.07) is 11.9. The first-order valence-corrected chi connectivity index (χ1v) is 7.78. The molecule has 0 unspecified atom stereocenters. The Morgan fingerprint density at radius 1 is 1.10 bits per heavy atom. The van der Waals surface area contributed by atoms with Crippen LogP contribution >= 0.6 is 11.6 Å². The van der Waals surface area contributed by atoms with Crippen LogP contribution in [0.25, 0.3) is 11.0 Å². The molecule has 0 aliphatic heterocycles. The number of para-hydroxylation sites is 1. The molecule has 0 saturated carbocycles. The smallest absolute Gasteiger partial charge is 0.295 e. The fraction of sp³-hybridized carbons (Fsp3) is 0. The maximum absolute atomic E-state index is 13.1. The summed E-state index contributed by atoms with van der Waals surface area (Å²) in [5, 5.41) is 0.291. The van der Waals surface area contributed by atoms with Crippen LogP contribution in [0.2, 0.25) is 5.02 Å². The van der Waals surface area contributed by atoms with Crippen molar-refractivity contribution in [3.8, 4) is 0 Å². The predicted octanol–water partition coefficient (Wildman–Crippen LogP) is 4.03. The van der Waals surface area contributed by atoms with E-state index in [0.717, 1.165) is 6.07 Å². The molecule has 0 bridgehead atoms. The Morgan fingerprint density at radius 2 is 1.86 bits per heavy atom. The lowest BCUT2D eigenvalue weighted by Crippen LogP contribution is -2.12. The van der Waals surface area contributed by atoms with Crippen LogP contribution in [-0.2, 0) is 10.0 Å². The lowest BCUT2D eigenvalue weighted by molar-refractivity contribution is 0.484. The van der Waals surface area contributed by atoms with Gasteiger partial charge in [-0.1, -0.05) is 29.8 Å². The van der Waals surface area contributed by atoms with Gasteiger partial charge in [0.15, 0.2) is 0 Å². The van der Waals surface area contributed by atoms with E-state index in [4.69, 9.17) is 16.0 Å². The SMILES string of the molecule is O=S(=O)(Nc1ccc(F)c(Cl)c1)c1cc2ccccc2o1. The van der Waals surface area contributed by atoms with E-state index < -0.39 is 15.8 Å². The number of halogens is 2. The zero-order chi connectivity index (χ0) is 15.0. The quantitative estimate of drug-likeness (QED) is 0.791. The number of anilines is 1. The van der Waals surface area contributed by atoms with Gasteiger partial charge in [0.05, 0.1) is 10.7 Å². The zero-order valence-corrected chi connectivity index (χ0v) is 12.1. The number of benzene rings is 2. The van der Waals surface area contributed by atoms with Crippen molar-refractivity contribution in [2.75, 3.05) is 4.72 Å². The van der Waals surface area contributed by atoms with Gasteiger partial charge in [-0.05, 0) is 24.3 Å². The molecule has 0 atom stereocenters. The highest BCUT2D eigenvalue weighted by molar-refractivity contribution is 7.92. The Bertz CT molecular complexity index is 888. The average Bonchev–Trinajstić information content (AvgIpc) is 2.87. The van der Waals surface area contributed by atoms with Crippen molar-refractivity contribution < 1.29 is 17.2 Å². The number of sulfonamides is 1. The Balaban J connectivity index is 1.97. The molecule has 0 spiro atoms. The monoisotopic (exact) mass is 325 g/mol. The van der Waals surface area contributed by atoms with Crippen molar-refractivity contribution in [3.05, 3.63) is 59.4 Å². The minimum Gasteiger partial charge on any atom is -0.443 e. The van der Waals surface area contributed by atoms with Crippen LogP contribution < -0.4 is 4.72 Å². The Kier molecular flexibility index (Phi) is 3.35. The number of hydrogen-bond acceptors (Lipinski definition) is 3. The maximum atomic E-state index is 13.1. The van der Waals surface area contributed by atoms with Crippen molar-refractivity contribution in [2.45, 2.75) is 5.09 Å². The van der Waals surface area contributed by atoms with Gasteiger partial charge in [-0.25, -0.2) is 4.39 Å². The van der Waals surface area contributed by atoms with Gasteiger partial charge in [-0.2, -0.15) is 8.42 Å². The van der Waals surface area contributed by atoms with E-state index in [9.17, 15) is 12.8 Å². The number of hydrogen-bond donors (Lipinski definition) is 1. The van der Waals surface area contributed by atoms with Crippen LogP contribution in [0.15, 0.2) is 58.0 Å². The van der Waals surface area contributed by atoms with Crippen molar-refractivity contribution in [1.29, 1.82) is 0 Å². The van der Waals surface area contributed by atoms with Crippen LogP contribution in [0.4, 0.5) is 10.1 Å². The zero-order valence-electron chi connectivity index (χ0n) is 10.5. The summed E-state index contributed by atoms with van der Waals surface area (Å²) in [6.07, 6.45) is 0. The second-order valence-electron chi connectivity index (χ2n) is 4.34. The molecular weight excluding hydrogens is 317 g/mol. The summed E-state index contributed by atoms with van der Waals surface area (Å²) in [5.41, 5.74) is 0.622. The summed E-state index contributed by atoms with van der Waals surface area (Å²) in [5.74, 6) is -0.622. The number of nitrogens with one attached hydrogen (secondary N) is 1. The number of fused-ring (bicyclic) bond motifs is 1. The van der Waals surface area contributed by atoms with E-state index in [1.807, 2.05) is 0 Å². The lowest BCUT2D eigenvalue weighted by Gasteiger charge is -2.06. The first-order valence-electron chi connectivity index (χ1n) is 5.92. The van der Waals surface area contributed by atoms with Gasteiger partial charge in [-0.3, -0.25) is 4.72 Å². The van der Waals surface area contributed by atoms with E-state index >= 15 is 0 Å². The molecule has 0 radical (unpaired) electrons. The minimum atomic E-state index is -3.90. The Morgan fingerprint density at radius 3 is 2.57 bits per heavy atom. The lowest BCUT2D eigenvalue weighted by atomic mass is 10.3. The highest BCUT2D eigenvalue weighted by Crippen LogP contribution is 2.26. The first-order chi connectivity index (χ1) is 9.95. The average molecular weight is 326 g/mol. The summed E-state index contributed by atoms with van der Waals surface area (Å²) in [6.45, 7) is 0. The second-order valence-corrected chi connectivity index (χ2v) is 6.36. The summed E-state index contributed by atoms with van der Waals surface area (Å²) < 4.78 is 45.1. The molecule has 21 heavy (non-hydrogen) atoms. The molecule has 1 aromatic heterocycles. The van der Waals surface area contributed by atoms with Crippen molar-refractivity contribution in [2.24, 2.45) is 0 Å². The van der Waals surface area contributed by atoms with Crippen molar-refractivity contribution in [3.63, 3.8) is 0 Å². The molecule has 0 aliphatic carbocycles. The van der Waals surface area contributed by atoms with Crippen LogP contribution in [0.1, 0.15) is 0 Å². The number of furan rings is 1. The molecule has 3 aromatic rings. The largest absolute Gasteiger partial charge is 0.443 e. The minimum absolute atomic E-state index is 0.154. The van der Waals surface area contributed by atoms with Gasteiger partial charge < -0.3 is 4.42 Å². The molecule has 1 N–H and O–H groups in total. The summed E-state index contributed by atoms with van der Waals surface area (Å²) in [7, 11) is -3.90. The predicted molar refractivity (Wildman–Crippen MR) is 78.4 cm³/mol. The molecule has 0 saturated heterocycles. The summed E-state index contributed by atoms with van der Waals surface area (Å²) >= 11 is 5.62. The molecule has 0 fully saturated rings. The molecule has 2 aromatic carbocycles. The van der Waals surface area contributed by atoms with E-state index in [0.29, 0.717) is 11.0 Å². The van der Waals surface area contributed by atoms with E-state index in [-0.39, 0.29) is 15.8 Å². The Hall–Kier alpha value is -2.05. The third-order valence-electron chi connectivity index (χ3n) is 2.84.